The van der Waals surface area contributed by atoms with Crippen molar-refractivity contribution in [2.45, 2.75) is 20.8 Å². The highest BCUT2D eigenvalue weighted by Gasteiger charge is 2.15. The van der Waals surface area contributed by atoms with Crippen LogP contribution in [0, 0.1) is 37.5 Å². The molecule has 0 saturated heterocycles. The van der Waals surface area contributed by atoms with E-state index in [-0.39, 0.29) is 0 Å². The second-order valence-electron chi connectivity index (χ2n) is 7.86. The predicted molar refractivity (Wildman–Crippen MR) is 132 cm³/mol. The van der Waals surface area contributed by atoms with Crippen molar-refractivity contribution in [1.29, 1.82) is 5.26 Å². The predicted octanol–water partition coefficient (Wildman–Crippen LogP) is 5.38. The van der Waals surface area contributed by atoms with Crippen LogP contribution in [0.4, 0.5) is 23.1 Å². The summed E-state index contributed by atoms with van der Waals surface area (Å²) < 4.78 is 1.85. The lowest BCUT2D eigenvalue weighted by atomic mass is 10.0. The molecule has 2 aromatic heterocycles. The van der Waals surface area contributed by atoms with Gasteiger partial charge in [0.05, 0.1) is 12.4 Å². The van der Waals surface area contributed by atoms with Crippen molar-refractivity contribution in [2.24, 2.45) is 7.05 Å². The lowest BCUT2D eigenvalue weighted by Crippen LogP contribution is -2.05. The molecule has 0 spiro atoms. The van der Waals surface area contributed by atoms with Crippen LogP contribution in [0.2, 0.25) is 0 Å². The number of nitrogens with one attached hydrogen (secondary N) is 2. The van der Waals surface area contributed by atoms with Crippen LogP contribution in [-0.2, 0) is 7.05 Å². The van der Waals surface area contributed by atoms with Gasteiger partial charge in [-0.05, 0) is 79.9 Å². The van der Waals surface area contributed by atoms with Crippen molar-refractivity contribution in [3.8, 4) is 18.4 Å². The number of imidazole rings is 1. The highest BCUT2D eigenvalue weighted by molar-refractivity contribution is 5.88. The molecular formula is C26H23N7. The second kappa shape index (κ2) is 8.86. The van der Waals surface area contributed by atoms with E-state index < -0.39 is 0 Å². The molecule has 2 aromatic carbocycles. The number of terminal acetylenes is 1. The highest BCUT2D eigenvalue weighted by atomic mass is 15.2. The Morgan fingerprint density at radius 2 is 1.79 bits per heavy atom. The number of nitriles is 1. The number of hydrogen-bond donors (Lipinski definition) is 2. The lowest BCUT2D eigenvalue weighted by molar-refractivity contribution is 0.929. The number of aryl methyl sites for hydroxylation is 3. The molecule has 2 heterocycles. The van der Waals surface area contributed by atoms with E-state index in [1.807, 2.05) is 67.9 Å². The van der Waals surface area contributed by atoms with Gasteiger partial charge in [-0.2, -0.15) is 15.2 Å². The summed E-state index contributed by atoms with van der Waals surface area (Å²) in [6.07, 6.45) is 9.04. The van der Waals surface area contributed by atoms with E-state index in [4.69, 9.17) is 16.7 Å². The first-order valence-electron chi connectivity index (χ1n) is 10.4. The van der Waals surface area contributed by atoms with E-state index in [1.165, 1.54) is 0 Å². The second-order valence-corrected chi connectivity index (χ2v) is 7.86. The maximum atomic E-state index is 9.08. The maximum Gasteiger partial charge on any atom is 0.231 e. The summed E-state index contributed by atoms with van der Waals surface area (Å²) in [6.45, 7) is 5.85. The van der Waals surface area contributed by atoms with Gasteiger partial charge in [-0.1, -0.05) is 5.92 Å². The number of benzene rings is 2. The number of nitrogens with zero attached hydrogens (tertiary/aromatic N) is 5. The van der Waals surface area contributed by atoms with E-state index in [0.29, 0.717) is 28.5 Å². The Kier molecular flexibility index (Phi) is 5.80. The Morgan fingerprint density at radius 3 is 2.42 bits per heavy atom. The van der Waals surface area contributed by atoms with Crippen LogP contribution >= 0.6 is 0 Å². The zero-order chi connectivity index (χ0) is 23.5. The fourth-order valence-corrected chi connectivity index (χ4v) is 3.61. The molecule has 7 heteroatoms. The zero-order valence-corrected chi connectivity index (χ0v) is 18.9. The molecule has 0 saturated carbocycles. The molecule has 0 aliphatic rings. The summed E-state index contributed by atoms with van der Waals surface area (Å²) in [5, 5.41) is 15.8. The van der Waals surface area contributed by atoms with Gasteiger partial charge in [-0.3, -0.25) is 0 Å². The Balaban J connectivity index is 1.73. The molecular weight excluding hydrogens is 410 g/mol. The van der Waals surface area contributed by atoms with Gasteiger partial charge in [0.1, 0.15) is 0 Å². The molecule has 0 fully saturated rings. The zero-order valence-electron chi connectivity index (χ0n) is 18.9. The number of anilines is 4. The minimum atomic E-state index is 0.446. The summed E-state index contributed by atoms with van der Waals surface area (Å²) in [4.78, 5) is 13.8. The molecule has 0 amide bonds. The molecule has 33 heavy (non-hydrogen) atoms. The molecule has 162 valence electrons. The van der Waals surface area contributed by atoms with Gasteiger partial charge in [0.25, 0.3) is 0 Å². The van der Waals surface area contributed by atoms with Gasteiger partial charge in [-0.15, -0.1) is 6.42 Å². The number of allylic oxidation sites excluding steroid dienone is 1. The van der Waals surface area contributed by atoms with Crippen molar-refractivity contribution in [1.82, 2.24) is 19.5 Å². The summed E-state index contributed by atoms with van der Waals surface area (Å²) >= 11 is 0. The van der Waals surface area contributed by atoms with Crippen molar-refractivity contribution in [2.75, 3.05) is 10.6 Å². The summed E-state index contributed by atoms with van der Waals surface area (Å²) in [5.41, 5.74) is 7.67. The SMILES string of the molecule is C#Cc1ccc(Nc2nc(Nc3c(C)cc(/C=C(\C)C#N)cc3C)c3ncn(C)c3n2)cc1. The number of aromatic nitrogens is 4. The minimum absolute atomic E-state index is 0.446. The Labute approximate surface area is 192 Å². The van der Waals surface area contributed by atoms with E-state index in [0.717, 1.165) is 33.6 Å². The third-order valence-electron chi connectivity index (χ3n) is 5.23. The normalized spacial score (nSPS) is 11.2. The topological polar surface area (TPSA) is 91.5 Å². The first kappa shape index (κ1) is 21.6. The van der Waals surface area contributed by atoms with Crippen molar-refractivity contribution >= 4 is 40.4 Å². The quantitative estimate of drug-likeness (QED) is 0.324. The average Bonchev–Trinajstić information content (AvgIpc) is 3.17. The summed E-state index contributed by atoms with van der Waals surface area (Å²) in [7, 11) is 1.90. The largest absolute Gasteiger partial charge is 0.338 e. The fraction of sp³-hybridized carbons (Fsp3) is 0.154. The Hall–Kier alpha value is -4.62. The van der Waals surface area contributed by atoms with Gasteiger partial charge >= 0.3 is 0 Å². The molecule has 0 bridgehead atoms. The van der Waals surface area contributed by atoms with Crippen LogP contribution in [0.5, 0.6) is 0 Å². The number of fused-ring (bicyclic) bond motifs is 1. The first-order chi connectivity index (χ1) is 15.9. The first-order valence-corrected chi connectivity index (χ1v) is 10.4. The van der Waals surface area contributed by atoms with Crippen LogP contribution in [0.1, 0.15) is 29.2 Å². The number of rotatable bonds is 5. The van der Waals surface area contributed by atoms with Gasteiger partial charge < -0.3 is 15.2 Å². The maximum absolute atomic E-state index is 9.08. The van der Waals surface area contributed by atoms with E-state index in [2.05, 4.69) is 32.6 Å². The van der Waals surface area contributed by atoms with Gasteiger partial charge in [0.15, 0.2) is 17.0 Å². The van der Waals surface area contributed by atoms with E-state index in [9.17, 15) is 0 Å². The molecule has 0 aliphatic heterocycles. The average molecular weight is 434 g/mol. The molecule has 0 atom stereocenters. The van der Waals surface area contributed by atoms with Gasteiger partial charge in [-0.25, -0.2) is 4.98 Å². The third-order valence-corrected chi connectivity index (χ3v) is 5.23. The molecule has 0 radical (unpaired) electrons. The monoisotopic (exact) mass is 433 g/mol. The number of hydrogen-bond acceptors (Lipinski definition) is 6. The lowest BCUT2D eigenvalue weighted by Gasteiger charge is -2.15. The highest BCUT2D eigenvalue weighted by Crippen LogP contribution is 2.30. The van der Waals surface area contributed by atoms with Gasteiger partial charge in [0.2, 0.25) is 5.95 Å². The van der Waals surface area contributed by atoms with E-state index in [1.54, 1.807) is 13.3 Å². The van der Waals surface area contributed by atoms with Crippen LogP contribution in [0.3, 0.4) is 0 Å². The standard InChI is InChI=1S/C26H23N7/c1-6-19-7-9-21(10-8-19)29-26-31-24(23-25(32-26)33(5)15-28-23)30-22-17(3)12-20(13-18(22)4)11-16(2)14-27/h1,7-13,15H,2-5H3,(H2,29,30,31,32)/b16-11+. The molecule has 0 aliphatic carbocycles. The molecule has 4 aromatic rings. The molecule has 4 rings (SSSR count). The molecule has 2 N–H and O–H groups in total. The minimum Gasteiger partial charge on any atom is -0.338 e. The van der Waals surface area contributed by atoms with E-state index >= 15 is 0 Å². The van der Waals surface area contributed by atoms with Crippen molar-refractivity contribution in [3.63, 3.8) is 0 Å². The van der Waals surface area contributed by atoms with Crippen molar-refractivity contribution in [3.05, 3.63) is 70.6 Å². The van der Waals surface area contributed by atoms with Crippen LogP contribution in [-0.4, -0.2) is 19.5 Å². The summed E-state index contributed by atoms with van der Waals surface area (Å²) in [5.74, 6) is 3.66. The smallest absolute Gasteiger partial charge is 0.231 e. The van der Waals surface area contributed by atoms with Gasteiger partial charge in [0, 0.05) is 29.6 Å². The fourth-order valence-electron chi connectivity index (χ4n) is 3.61. The molecule has 7 nitrogen and oxygen atoms in total. The van der Waals surface area contributed by atoms with Crippen LogP contribution < -0.4 is 10.6 Å². The van der Waals surface area contributed by atoms with Crippen LogP contribution in [0.25, 0.3) is 17.2 Å². The Morgan fingerprint density at radius 1 is 1.09 bits per heavy atom. The van der Waals surface area contributed by atoms with Crippen molar-refractivity contribution < 1.29 is 0 Å². The third kappa shape index (κ3) is 4.53. The Bertz CT molecular complexity index is 1440. The molecule has 0 unspecified atom stereocenters. The van der Waals surface area contributed by atoms with Crippen LogP contribution in [0.15, 0.2) is 48.3 Å². The summed E-state index contributed by atoms with van der Waals surface area (Å²) in [6, 6.07) is 13.8.